The van der Waals surface area contributed by atoms with Crippen molar-refractivity contribution in [3.05, 3.63) is 41.5 Å². The molecular formula is C28H33F3N2O. The second-order valence-corrected chi connectivity index (χ2v) is 10.7. The van der Waals surface area contributed by atoms with Gasteiger partial charge in [0.25, 0.3) is 0 Å². The lowest BCUT2D eigenvalue weighted by Gasteiger charge is -2.41. The largest absolute Gasteiger partial charge is 0.490 e. The van der Waals surface area contributed by atoms with Gasteiger partial charge in [-0.25, -0.2) is 0 Å². The molecule has 0 N–H and O–H groups in total. The molecule has 2 aromatic rings. The SMILES string of the molecule is CC1CCC(Oc2ccc3cc(C(C)N4C5CCC4CC(C#N)C5)ccc3c2C(F)(F)F)CC1. The summed E-state index contributed by atoms with van der Waals surface area (Å²) in [6.07, 6.45) is 2.94. The highest BCUT2D eigenvalue weighted by Gasteiger charge is 2.43. The fraction of sp³-hybridized carbons (Fsp3) is 0.607. The van der Waals surface area contributed by atoms with Crippen molar-refractivity contribution in [3.63, 3.8) is 0 Å². The molecule has 0 radical (unpaired) electrons. The smallest absolute Gasteiger partial charge is 0.420 e. The first-order valence-corrected chi connectivity index (χ1v) is 12.7. The summed E-state index contributed by atoms with van der Waals surface area (Å²) in [4.78, 5) is 2.50. The minimum Gasteiger partial charge on any atom is -0.490 e. The van der Waals surface area contributed by atoms with E-state index in [9.17, 15) is 18.4 Å². The number of ether oxygens (including phenoxy) is 1. The van der Waals surface area contributed by atoms with Crippen molar-refractivity contribution in [1.82, 2.24) is 4.90 Å². The number of nitriles is 1. The molecule has 182 valence electrons. The molecule has 3 fully saturated rings. The Morgan fingerprint density at radius 3 is 2.29 bits per heavy atom. The number of hydrogen-bond acceptors (Lipinski definition) is 3. The lowest BCUT2D eigenvalue weighted by molar-refractivity contribution is -0.138. The van der Waals surface area contributed by atoms with Gasteiger partial charge in [-0.1, -0.05) is 25.1 Å². The number of benzene rings is 2. The van der Waals surface area contributed by atoms with Crippen LogP contribution < -0.4 is 4.74 Å². The van der Waals surface area contributed by atoms with Crippen molar-refractivity contribution in [2.75, 3.05) is 0 Å². The van der Waals surface area contributed by atoms with Gasteiger partial charge in [0, 0.05) is 24.0 Å². The lowest BCUT2D eigenvalue weighted by atomic mass is 9.88. The third kappa shape index (κ3) is 4.40. The molecule has 2 bridgehead atoms. The average molecular weight is 471 g/mol. The maximum atomic E-state index is 14.2. The fourth-order valence-corrected chi connectivity index (χ4v) is 6.63. The Morgan fingerprint density at radius 1 is 1.00 bits per heavy atom. The number of nitrogens with zero attached hydrogens (tertiary/aromatic N) is 2. The van der Waals surface area contributed by atoms with Crippen LogP contribution in [-0.4, -0.2) is 23.1 Å². The highest BCUT2D eigenvalue weighted by atomic mass is 19.4. The molecule has 2 heterocycles. The van der Waals surface area contributed by atoms with Gasteiger partial charge < -0.3 is 4.74 Å². The molecule has 3 unspecified atom stereocenters. The average Bonchev–Trinajstić information content (AvgIpc) is 3.07. The predicted octanol–water partition coefficient (Wildman–Crippen LogP) is 7.64. The van der Waals surface area contributed by atoms with Gasteiger partial charge in [-0.3, -0.25) is 4.90 Å². The van der Waals surface area contributed by atoms with Crippen molar-refractivity contribution >= 4 is 10.8 Å². The summed E-state index contributed by atoms with van der Waals surface area (Å²) in [7, 11) is 0. The molecule has 0 aromatic heterocycles. The summed E-state index contributed by atoms with van der Waals surface area (Å²) >= 11 is 0. The Hall–Kier alpha value is -2.26. The van der Waals surface area contributed by atoms with Crippen molar-refractivity contribution in [2.24, 2.45) is 11.8 Å². The van der Waals surface area contributed by atoms with Crippen LogP contribution in [-0.2, 0) is 6.18 Å². The third-order valence-corrected chi connectivity index (χ3v) is 8.45. The zero-order valence-corrected chi connectivity index (χ0v) is 19.9. The normalized spacial score (nSPS) is 30.8. The fourth-order valence-electron chi connectivity index (χ4n) is 6.63. The lowest BCUT2D eigenvalue weighted by Crippen LogP contribution is -2.43. The van der Waals surface area contributed by atoms with E-state index in [2.05, 4.69) is 24.8 Å². The van der Waals surface area contributed by atoms with E-state index in [1.807, 2.05) is 12.1 Å². The minimum atomic E-state index is -4.48. The number of alkyl halides is 3. The van der Waals surface area contributed by atoms with Gasteiger partial charge in [0.05, 0.1) is 12.2 Å². The van der Waals surface area contributed by atoms with Gasteiger partial charge >= 0.3 is 6.18 Å². The molecule has 34 heavy (non-hydrogen) atoms. The van der Waals surface area contributed by atoms with Crippen molar-refractivity contribution in [2.45, 2.75) is 95.6 Å². The topological polar surface area (TPSA) is 36.3 Å². The van der Waals surface area contributed by atoms with Crippen LogP contribution in [0.2, 0.25) is 0 Å². The Labute approximate surface area is 199 Å². The predicted molar refractivity (Wildman–Crippen MR) is 126 cm³/mol. The van der Waals surface area contributed by atoms with Gasteiger partial charge in [-0.05, 0) is 92.7 Å². The molecule has 3 nitrogen and oxygen atoms in total. The van der Waals surface area contributed by atoms with Crippen molar-refractivity contribution < 1.29 is 17.9 Å². The van der Waals surface area contributed by atoms with E-state index in [-0.39, 0.29) is 29.2 Å². The van der Waals surface area contributed by atoms with Gasteiger partial charge in [-0.2, -0.15) is 18.4 Å². The Morgan fingerprint density at radius 2 is 1.68 bits per heavy atom. The molecule has 2 saturated heterocycles. The summed E-state index contributed by atoms with van der Waals surface area (Å²) in [5.74, 6) is 0.689. The van der Waals surface area contributed by atoms with Crippen LogP contribution in [0.25, 0.3) is 10.8 Å². The molecule has 2 aliphatic heterocycles. The van der Waals surface area contributed by atoms with Crippen LogP contribution in [0.15, 0.2) is 30.3 Å². The maximum absolute atomic E-state index is 14.2. The van der Waals surface area contributed by atoms with Crippen molar-refractivity contribution in [3.8, 4) is 11.8 Å². The molecule has 1 saturated carbocycles. The van der Waals surface area contributed by atoms with Crippen LogP contribution >= 0.6 is 0 Å². The van der Waals surface area contributed by atoms with E-state index in [1.165, 1.54) is 6.07 Å². The second-order valence-electron chi connectivity index (χ2n) is 10.7. The number of piperidine rings is 1. The molecule has 2 aromatic carbocycles. The summed E-state index contributed by atoms with van der Waals surface area (Å²) in [5.41, 5.74) is 0.376. The van der Waals surface area contributed by atoms with Crippen LogP contribution in [0.5, 0.6) is 5.75 Å². The first-order chi connectivity index (χ1) is 16.2. The minimum absolute atomic E-state index is 0.0445. The molecular weight excluding hydrogens is 437 g/mol. The monoisotopic (exact) mass is 470 g/mol. The summed E-state index contributed by atoms with van der Waals surface area (Å²) in [6, 6.07) is 12.0. The molecule has 5 rings (SSSR count). The van der Waals surface area contributed by atoms with Crippen LogP contribution in [0.3, 0.4) is 0 Å². The molecule has 3 atom stereocenters. The Bertz CT molecular complexity index is 1070. The zero-order chi connectivity index (χ0) is 24.0. The summed E-state index contributed by atoms with van der Waals surface area (Å²) < 4.78 is 48.6. The van der Waals surface area contributed by atoms with Crippen LogP contribution in [0.1, 0.15) is 82.4 Å². The summed E-state index contributed by atoms with van der Waals surface area (Å²) in [5, 5.41) is 10.2. The Kier molecular flexibility index (Phi) is 6.27. The first-order valence-electron chi connectivity index (χ1n) is 12.7. The van der Waals surface area contributed by atoms with E-state index in [4.69, 9.17) is 4.74 Å². The van der Waals surface area contributed by atoms with Gasteiger partial charge in [-0.15, -0.1) is 0 Å². The second kappa shape index (κ2) is 9.07. The Balaban J connectivity index is 1.44. The van der Waals surface area contributed by atoms with Gasteiger partial charge in [0.2, 0.25) is 0 Å². The standard InChI is InChI=1S/C28H33F3N2O/c1-17-3-9-24(10-4-17)34-26-12-6-21-15-20(5-11-25(21)27(26)28(29,30)31)18(2)33-22-7-8-23(33)14-19(13-22)16-32/h5-6,11-12,15,17-19,22-24H,3-4,7-10,13-14H2,1-2H3. The van der Waals surface area contributed by atoms with E-state index in [1.54, 1.807) is 12.1 Å². The quantitative estimate of drug-likeness (QED) is 0.461. The molecule has 1 aliphatic carbocycles. The van der Waals surface area contributed by atoms with E-state index in [0.717, 1.165) is 56.9 Å². The zero-order valence-electron chi connectivity index (χ0n) is 19.9. The van der Waals surface area contributed by atoms with Crippen LogP contribution in [0, 0.1) is 23.2 Å². The van der Waals surface area contributed by atoms with E-state index < -0.39 is 11.7 Å². The molecule has 0 spiro atoms. The molecule has 0 amide bonds. The summed E-state index contributed by atoms with van der Waals surface area (Å²) in [6.45, 7) is 4.33. The van der Waals surface area contributed by atoms with Gasteiger partial charge in [0.15, 0.2) is 0 Å². The molecule has 6 heteroatoms. The number of rotatable bonds is 4. The van der Waals surface area contributed by atoms with Crippen molar-refractivity contribution in [1.29, 1.82) is 5.26 Å². The number of fused-ring (bicyclic) bond motifs is 3. The maximum Gasteiger partial charge on any atom is 0.420 e. The highest BCUT2D eigenvalue weighted by Crippen LogP contribution is 2.46. The first kappa shape index (κ1) is 23.5. The van der Waals surface area contributed by atoms with Gasteiger partial charge in [0.1, 0.15) is 11.3 Å². The molecule has 3 aliphatic rings. The van der Waals surface area contributed by atoms with E-state index >= 15 is 0 Å². The number of hydrogen-bond donors (Lipinski definition) is 0. The van der Waals surface area contributed by atoms with Crippen LogP contribution in [0.4, 0.5) is 13.2 Å². The highest BCUT2D eigenvalue weighted by molar-refractivity contribution is 5.89. The number of halogens is 3. The third-order valence-electron chi connectivity index (χ3n) is 8.45. The van der Waals surface area contributed by atoms with E-state index in [0.29, 0.717) is 23.4 Å².